The summed E-state index contributed by atoms with van der Waals surface area (Å²) < 4.78 is 1.03. The van der Waals surface area contributed by atoms with Crippen LogP contribution in [0.4, 0.5) is 5.69 Å². The zero-order valence-electron chi connectivity index (χ0n) is 8.91. The van der Waals surface area contributed by atoms with Crippen LogP contribution in [0.15, 0.2) is 33.7 Å². The van der Waals surface area contributed by atoms with Gasteiger partial charge >= 0.3 is 0 Å². The van der Waals surface area contributed by atoms with Crippen LogP contribution in [0, 0.1) is 0 Å². The van der Waals surface area contributed by atoms with Crippen molar-refractivity contribution in [3.8, 4) is 0 Å². The quantitative estimate of drug-likeness (QED) is 0.788. The minimum absolute atomic E-state index is 0.370. The van der Waals surface area contributed by atoms with Gasteiger partial charge < -0.3 is 16.4 Å². The van der Waals surface area contributed by atoms with Crippen LogP contribution in [0.2, 0.25) is 0 Å². The summed E-state index contributed by atoms with van der Waals surface area (Å²) in [5.74, 6) is 0.824. The molecule has 1 heterocycles. The lowest BCUT2D eigenvalue weighted by Crippen LogP contribution is -2.35. The Hall–Kier alpha value is -1.07. The van der Waals surface area contributed by atoms with Gasteiger partial charge in [-0.15, -0.1) is 0 Å². The van der Waals surface area contributed by atoms with Crippen molar-refractivity contribution in [2.75, 3.05) is 18.4 Å². The highest BCUT2D eigenvalue weighted by atomic mass is 79.9. The minimum atomic E-state index is 0.370. The SMILES string of the molecule is NCC[C@H]1CN=C(Nc2ccccc2Br)N1. The fourth-order valence-electron chi connectivity index (χ4n) is 1.62. The number of aliphatic imine (C=N–C) groups is 1. The van der Waals surface area contributed by atoms with Crippen LogP contribution in [0.3, 0.4) is 0 Å². The Morgan fingerprint density at radius 3 is 3.06 bits per heavy atom. The Balaban J connectivity index is 1.95. The number of rotatable bonds is 3. The molecule has 0 spiro atoms. The second kappa shape index (κ2) is 5.32. The van der Waals surface area contributed by atoms with Crippen molar-refractivity contribution in [3.05, 3.63) is 28.7 Å². The summed E-state index contributed by atoms with van der Waals surface area (Å²) in [5.41, 5.74) is 6.53. The van der Waals surface area contributed by atoms with E-state index >= 15 is 0 Å². The summed E-state index contributed by atoms with van der Waals surface area (Å²) in [6.45, 7) is 1.49. The summed E-state index contributed by atoms with van der Waals surface area (Å²) in [4.78, 5) is 4.39. The molecule has 0 aromatic heterocycles. The number of anilines is 1. The first-order chi connectivity index (χ1) is 7.79. The van der Waals surface area contributed by atoms with E-state index in [2.05, 4.69) is 31.6 Å². The van der Waals surface area contributed by atoms with Gasteiger partial charge in [0.15, 0.2) is 5.96 Å². The standard InChI is InChI=1S/C11H15BrN4/c12-9-3-1-2-4-10(9)16-11-14-7-8(15-11)5-6-13/h1-4,8H,5-7,13H2,(H2,14,15,16)/t8-/m0/s1. The Morgan fingerprint density at radius 1 is 1.50 bits per heavy atom. The normalized spacial score (nSPS) is 19.1. The number of hydrogen-bond acceptors (Lipinski definition) is 4. The molecule has 1 atom stereocenters. The minimum Gasteiger partial charge on any atom is -0.351 e. The molecule has 1 aromatic rings. The van der Waals surface area contributed by atoms with E-state index in [9.17, 15) is 0 Å². The van der Waals surface area contributed by atoms with Crippen molar-refractivity contribution in [3.63, 3.8) is 0 Å². The second-order valence-corrected chi connectivity index (χ2v) is 4.57. The summed E-state index contributed by atoms with van der Waals surface area (Å²) >= 11 is 3.48. The van der Waals surface area contributed by atoms with Gasteiger partial charge in [0.1, 0.15) is 0 Å². The Kier molecular flexibility index (Phi) is 3.79. The maximum absolute atomic E-state index is 5.51. The van der Waals surface area contributed by atoms with Gasteiger partial charge in [-0.25, -0.2) is 0 Å². The fraction of sp³-hybridized carbons (Fsp3) is 0.364. The van der Waals surface area contributed by atoms with Crippen LogP contribution in [-0.4, -0.2) is 25.1 Å². The van der Waals surface area contributed by atoms with Crippen molar-refractivity contribution < 1.29 is 0 Å². The number of para-hydroxylation sites is 1. The summed E-state index contributed by atoms with van der Waals surface area (Å²) in [6.07, 6.45) is 0.949. The van der Waals surface area contributed by atoms with Crippen molar-refractivity contribution in [1.29, 1.82) is 0 Å². The van der Waals surface area contributed by atoms with E-state index in [0.29, 0.717) is 12.6 Å². The van der Waals surface area contributed by atoms with Crippen LogP contribution < -0.4 is 16.4 Å². The molecule has 0 radical (unpaired) electrons. The van der Waals surface area contributed by atoms with Crippen LogP contribution in [0.5, 0.6) is 0 Å². The molecule has 2 rings (SSSR count). The molecule has 1 aliphatic rings. The number of halogens is 1. The van der Waals surface area contributed by atoms with Crippen molar-refractivity contribution in [2.45, 2.75) is 12.5 Å². The molecular weight excluding hydrogens is 268 g/mol. The van der Waals surface area contributed by atoms with E-state index < -0.39 is 0 Å². The largest absolute Gasteiger partial charge is 0.351 e. The third-order valence-electron chi connectivity index (χ3n) is 2.45. The van der Waals surface area contributed by atoms with Crippen LogP contribution >= 0.6 is 15.9 Å². The summed E-state index contributed by atoms with van der Waals surface area (Å²) in [5, 5.41) is 6.55. The topological polar surface area (TPSA) is 62.4 Å². The number of guanidine groups is 1. The highest BCUT2D eigenvalue weighted by Gasteiger charge is 2.16. The molecule has 0 bridgehead atoms. The van der Waals surface area contributed by atoms with Gasteiger partial charge in [0.2, 0.25) is 0 Å². The summed E-state index contributed by atoms with van der Waals surface area (Å²) in [6, 6.07) is 8.34. The monoisotopic (exact) mass is 282 g/mol. The van der Waals surface area contributed by atoms with Gasteiger partial charge in [-0.05, 0) is 41.0 Å². The zero-order valence-corrected chi connectivity index (χ0v) is 10.5. The average Bonchev–Trinajstić information content (AvgIpc) is 2.70. The van der Waals surface area contributed by atoms with Crippen molar-refractivity contribution in [2.24, 2.45) is 10.7 Å². The molecular formula is C11H15BrN4. The van der Waals surface area contributed by atoms with E-state index in [-0.39, 0.29) is 0 Å². The Bertz CT molecular complexity index is 391. The maximum Gasteiger partial charge on any atom is 0.196 e. The van der Waals surface area contributed by atoms with Gasteiger partial charge in [0, 0.05) is 10.5 Å². The molecule has 4 N–H and O–H groups in total. The van der Waals surface area contributed by atoms with E-state index in [1.54, 1.807) is 0 Å². The first-order valence-corrected chi connectivity index (χ1v) is 6.11. The molecule has 0 fully saturated rings. The van der Waals surface area contributed by atoms with E-state index in [1.807, 2.05) is 24.3 Å². The lowest BCUT2D eigenvalue weighted by molar-refractivity contribution is 0.609. The number of nitrogens with two attached hydrogens (primary N) is 1. The lowest BCUT2D eigenvalue weighted by atomic mass is 10.2. The number of nitrogens with zero attached hydrogens (tertiary/aromatic N) is 1. The second-order valence-electron chi connectivity index (χ2n) is 3.71. The molecule has 0 amide bonds. The molecule has 1 aliphatic heterocycles. The molecule has 0 saturated carbocycles. The van der Waals surface area contributed by atoms with Crippen molar-refractivity contribution >= 4 is 27.6 Å². The van der Waals surface area contributed by atoms with E-state index in [0.717, 1.165) is 29.1 Å². The van der Waals surface area contributed by atoms with Crippen LogP contribution in [0.1, 0.15) is 6.42 Å². The molecule has 4 nitrogen and oxygen atoms in total. The molecule has 0 saturated heterocycles. The van der Waals surface area contributed by atoms with Gasteiger partial charge in [-0.3, -0.25) is 4.99 Å². The average molecular weight is 283 g/mol. The van der Waals surface area contributed by atoms with Crippen LogP contribution in [-0.2, 0) is 0 Å². The number of hydrogen-bond donors (Lipinski definition) is 3. The molecule has 86 valence electrons. The van der Waals surface area contributed by atoms with Crippen molar-refractivity contribution in [1.82, 2.24) is 5.32 Å². The highest BCUT2D eigenvalue weighted by Crippen LogP contribution is 2.21. The molecule has 16 heavy (non-hydrogen) atoms. The van der Waals surface area contributed by atoms with Gasteiger partial charge in [0.25, 0.3) is 0 Å². The van der Waals surface area contributed by atoms with E-state index in [1.165, 1.54) is 0 Å². The molecule has 0 unspecified atom stereocenters. The maximum atomic E-state index is 5.51. The predicted molar refractivity (Wildman–Crippen MR) is 70.7 cm³/mol. The molecule has 1 aromatic carbocycles. The van der Waals surface area contributed by atoms with Gasteiger partial charge in [-0.1, -0.05) is 12.1 Å². The Labute approximate surface area is 103 Å². The number of nitrogens with one attached hydrogen (secondary N) is 2. The molecule has 0 aliphatic carbocycles. The lowest BCUT2D eigenvalue weighted by Gasteiger charge is -2.12. The van der Waals surface area contributed by atoms with Gasteiger partial charge in [-0.2, -0.15) is 0 Å². The highest BCUT2D eigenvalue weighted by molar-refractivity contribution is 9.10. The molecule has 5 heteroatoms. The summed E-state index contributed by atoms with van der Waals surface area (Å²) in [7, 11) is 0. The first kappa shape index (κ1) is 11.4. The zero-order chi connectivity index (χ0) is 11.4. The third kappa shape index (κ3) is 2.74. The number of benzene rings is 1. The fourth-order valence-corrected chi connectivity index (χ4v) is 2.00. The van der Waals surface area contributed by atoms with Gasteiger partial charge in [0.05, 0.1) is 12.2 Å². The smallest absolute Gasteiger partial charge is 0.196 e. The third-order valence-corrected chi connectivity index (χ3v) is 3.14. The predicted octanol–water partition coefficient (Wildman–Crippen LogP) is 1.54. The van der Waals surface area contributed by atoms with Crippen LogP contribution in [0.25, 0.3) is 0 Å². The first-order valence-electron chi connectivity index (χ1n) is 5.32. The van der Waals surface area contributed by atoms with E-state index in [4.69, 9.17) is 5.73 Å². The Morgan fingerprint density at radius 2 is 2.31 bits per heavy atom.